The molecule has 1 unspecified atom stereocenters. The van der Waals surface area contributed by atoms with Gasteiger partial charge in [0.25, 0.3) is 0 Å². The molecule has 0 saturated carbocycles. The van der Waals surface area contributed by atoms with Gasteiger partial charge in [-0.1, -0.05) is 36.4 Å². The van der Waals surface area contributed by atoms with Gasteiger partial charge in [0.2, 0.25) is 0 Å². The molecule has 0 saturated heterocycles. The quantitative estimate of drug-likeness (QED) is 0.677. The number of hydrogen-bond acceptors (Lipinski definition) is 2. The minimum atomic E-state index is -1.90. The first-order valence-corrected chi connectivity index (χ1v) is 7.22. The predicted octanol–water partition coefficient (Wildman–Crippen LogP) is 3.56. The highest BCUT2D eigenvalue weighted by atomic mass is 32.2. The van der Waals surface area contributed by atoms with Gasteiger partial charge in [-0.15, -0.1) is 11.8 Å². The van der Waals surface area contributed by atoms with Crippen molar-refractivity contribution in [1.82, 2.24) is 0 Å². The molecule has 2 rings (SSSR count). The highest BCUT2D eigenvalue weighted by Gasteiger charge is 2.01. The molecular formula is C13H12O2S2. The Kier molecular flexibility index (Phi) is 4.36. The Balaban J connectivity index is 2.04. The average molecular weight is 264 g/mol. The van der Waals surface area contributed by atoms with Crippen molar-refractivity contribution in [3.05, 3.63) is 60.2 Å². The van der Waals surface area contributed by atoms with Crippen LogP contribution in [0, 0.1) is 0 Å². The maximum absolute atomic E-state index is 10.9. The van der Waals surface area contributed by atoms with E-state index < -0.39 is 11.1 Å². The summed E-state index contributed by atoms with van der Waals surface area (Å²) in [5.74, 6) is 0.863. The highest BCUT2D eigenvalue weighted by Crippen LogP contribution is 2.24. The number of benzene rings is 2. The fourth-order valence-corrected chi connectivity index (χ4v) is 2.82. The normalized spacial score (nSPS) is 12.3. The van der Waals surface area contributed by atoms with Crippen molar-refractivity contribution < 1.29 is 8.76 Å². The van der Waals surface area contributed by atoms with Crippen LogP contribution in [0.3, 0.4) is 0 Å². The summed E-state index contributed by atoms with van der Waals surface area (Å²) in [6.45, 7) is 0. The Labute approximate surface area is 107 Å². The molecule has 0 heterocycles. The van der Waals surface area contributed by atoms with E-state index in [1.54, 1.807) is 30.0 Å². The monoisotopic (exact) mass is 264 g/mol. The van der Waals surface area contributed by atoms with Gasteiger partial charge in [0.05, 0.1) is 4.90 Å². The topological polar surface area (TPSA) is 37.3 Å². The predicted molar refractivity (Wildman–Crippen MR) is 71.5 cm³/mol. The van der Waals surface area contributed by atoms with Crippen LogP contribution in [0.15, 0.2) is 64.4 Å². The minimum absolute atomic E-state index is 0.447. The Morgan fingerprint density at radius 3 is 2.53 bits per heavy atom. The van der Waals surface area contributed by atoms with Crippen molar-refractivity contribution in [2.75, 3.05) is 0 Å². The van der Waals surface area contributed by atoms with E-state index in [0.717, 1.165) is 10.6 Å². The van der Waals surface area contributed by atoms with Crippen LogP contribution in [-0.2, 0) is 16.8 Å². The Hall–Kier alpha value is -1.10. The van der Waals surface area contributed by atoms with Crippen LogP contribution in [-0.4, -0.2) is 8.76 Å². The van der Waals surface area contributed by atoms with Gasteiger partial charge < -0.3 is 4.55 Å². The summed E-state index contributed by atoms with van der Waals surface area (Å²) in [6.07, 6.45) is 0. The van der Waals surface area contributed by atoms with Gasteiger partial charge in [0.1, 0.15) is 0 Å². The third kappa shape index (κ3) is 3.70. The summed E-state index contributed by atoms with van der Waals surface area (Å²) in [5.41, 5.74) is 1.24. The van der Waals surface area contributed by atoms with Crippen LogP contribution in [0.2, 0.25) is 0 Å². The van der Waals surface area contributed by atoms with E-state index in [4.69, 9.17) is 4.55 Å². The van der Waals surface area contributed by atoms with Crippen molar-refractivity contribution in [1.29, 1.82) is 0 Å². The molecule has 2 aromatic carbocycles. The van der Waals surface area contributed by atoms with Crippen LogP contribution in [0.25, 0.3) is 0 Å². The molecule has 0 aliphatic rings. The van der Waals surface area contributed by atoms with Crippen molar-refractivity contribution >= 4 is 22.8 Å². The second-order valence-corrected chi connectivity index (χ2v) is 5.52. The first kappa shape index (κ1) is 12.4. The molecule has 0 amide bonds. The van der Waals surface area contributed by atoms with Crippen LogP contribution in [0.5, 0.6) is 0 Å². The molecule has 1 N–H and O–H groups in total. The van der Waals surface area contributed by atoms with Crippen molar-refractivity contribution in [2.45, 2.75) is 15.5 Å². The summed E-state index contributed by atoms with van der Waals surface area (Å²) >= 11 is -0.241. The molecular weight excluding hydrogens is 252 g/mol. The third-order valence-electron chi connectivity index (χ3n) is 2.26. The average Bonchev–Trinajstić information content (AvgIpc) is 2.38. The van der Waals surface area contributed by atoms with Crippen LogP contribution >= 0.6 is 11.8 Å². The molecule has 4 heteroatoms. The van der Waals surface area contributed by atoms with Gasteiger partial charge in [0, 0.05) is 10.6 Å². The molecule has 0 aliphatic heterocycles. The van der Waals surface area contributed by atoms with E-state index in [-0.39, 0.29) is 0 Å². The van der Waals surface area contributed by atoms with Crippen LogP contribution in [0.4, 0.5) is 0 Å². The van der Waals surface area contributed by atoms with E-state index in [1.807, 2.05) is 24.3 Å². The summed E-state index contributed by atoms with van der Waals surface area (Å²) < 4.78 is 19.9. The van der Waals surface area contributed by atoms with E-state index in [2.05, 4.69) is 12.1 Å². The first-order chi connectivity index (χ1) is 8.25. The molecule has 2 nitrogen and oxygen atoms in total. The molecule has 1 atom stereocenters. The Morgan fingerprint density at radius 1 is 1.06 bits per heavy atom. The van der Waals surface area contributed by atoms with Gasteiger partial charge in [-0.05, 0) is 23.8 Å². The number of hydrogen-bond donors (Lipinski definition) is 1. The molecule has 2 aromatic rings. The molecule has 0 bridgehead atoms. The Morgan fingerprint density at radius 2 is 1.82 bits per heavy atom. The summed E-state index contributed by atoms with van der Waals surface area (Å²) in [6, 6.07) is 17.3. The minimum Gasteiger partial charge on any atom is -0.302 e. The third-order valence-corrected chi connectivity index (χ3v) is 3.98. The van der Waals surface area contributed by atoms with Crippen molar-refractivity contribution in [3.8, 4) is 0 Å². The highest BCUT2D eigenvalue weighted by molar-refractivity contribution is 7.98. The molecule has 0 fully saturated rings. The number of thioether (sulfide) groups is 1. The zero-order valence-corrected chi connectivity index (χ0v) is 10.7. The fraction of sp³-hybridized carbons (Fsp3) is 0.0769. The number of rotatable bonds is 4. The lowest BCUT2D eigenvalue weighted by Crippen LogP contribution is -1.88. The van der Waals surface area contributed by atoms with Crippen LogP contribution in [0.1, 0.15) is 5.56 Å². The fourth-order valence-electron chi connectivity index (χ4n) is 1.41. The maximum atomic E-state index is 10.9. The van der Waals surface area contributed by atoms with Gasteiger partial charge in [-0.3, -0.25) is 0 Å². The summed E-state index contributed by atoms with van der Waals surface area (Å²) in [7, 11) is 0. The first-order valence-electron chi connectivity index (χ1n) is 5.13. The largest absolute Gasteiger partial charge is 0.302 e. The lowest BCUT2D eigenvalue weighted by atomic mass is 10.2. The van der Waals surface area contributed by atoms with Crippen molar-refractivity contribution in [2.24, 2.45) is 0 Å². The Bertz CT molecular complexity index is 512. The second kappa shape index (κ2) is 6.00. The van der Waals surface area contributed by atoms with Gasteiger partial charge in [-0.25, -0.2) is 4.21 Å². The van der Waals surface area contributed by atoms with Gasteiger partial charge >= 0.3 is 0 Å². The maximum Gasteiger partial charge on any atom is 0.186 e. The second-order valence-electron chi connectivity index (χ2n) is 3.50. The lowest BCUT2D eigenvalue weighted by molar-refractivity contribution is 0.564. The zero-order valence-electron chi connectivity index (χ0n) is 9.08. The van der Waals surface area contributed by atoms with E-state index in [9.17, 15) is 4.21 Å². The van der Waals surface area contributed by atoms with Gasteiger partial charge in [0.15, 0.2) is 11.1 Å². The molecule has 0 aliphatic carbocycles. The zero-order chi connectivity index (χ0) is 12.1. The van der Waals surface area contributed by atoms with E-state index in [0.29, 0.717) is 4.90 Å². The standard InChI is InChI=1S/C13H12O2S2/c14-17(15)13-8-4-7-12(9-13)16-10-11-5-2-1-3-6-11/h1-9H,10H2,(H,14,15). The summed E-state index contributed by atoms with van der Waals surface area (Å²) in [4.78, 5) is 1.46. The summed E-state index contributed by atoms with van der Waals surface area (Å²) in [5, 5.41) is 0. The molecule has 17 heavy (non-hydrogen) atoms. The van der Waals surface area contributed by atoms with Crippen LogP contribution < -0.4 is 0 Å². The molecule has 0 spiro atoms. The molecule has 88 valence electrons. The van der Waals surface area contributed by atoms with E-state index in [1.165, 1.54) is 5.56 Å². The van der Waals surface area contributed by atoms with E-state index >= 15 is 0 Å². The molecule has 0 aromatic heterocycles. The lowest BCUT2D eigenvalue weighted by Gasteiger charge is -2.03. The smallest absolute Gasteiger partial charge is 0.186 e. The van der Waals surface area contributed by atoms with Gasteiger partial charge in [-0.2, -0.15) is 0 Å². The molecule has 0 radical (unpaired) electrons. The van der Waals surface area contributed by atoms with Crippen molar-refractivity contribution in [3.63, 3.8) is 0 Å². The SMILES string of the molecule is O=S(O)c1cccc(SCc2ccccc2)c1.